The first-order chi connectivity index (χ1) is 7.48. The second kappa shape index (κ2) is 4.70. The molecule has 1 aromatic carbocycles. The summed E-state index contributed by atoms with van der Waals surface area (Å²) in [7, 11) is 0. The minimum absolute atomic E-state index is 0.0424. The van der Waals surface area contributed by atoms with Crippen LogP contribution in [-0.4, -0.2) is 16.5 Å². The summed E-state index contributed by atoms with van der Waals surface area (Å²) in [5.74, 6) is 1.03. The van der Waals surface area contributed by atoms with Gasteiger partial charge in [-0.15, -0.1) is 0 Å². The monoisotopic (exact) mass is 362 g/mol. The molecule has 0 fully saturated rings. The summed E-state index contributed by atoms with van der Waals surface area (Å²) in [4.78, 5) is 4.62. The van der Waals surface area contributed by atoms with Gasteiger partial charge in [0.1, 0.15) is 0 Å². The summed E-state index contributed by atoms with van der Waals surface area (Å²) < 4.78 is 2.07. The van der Waals surface area contributed by atoms with Crippen molar-refractivity contribution in [2.45, 2.75) is 19.4 Å². The largest absolute Gasteiger partial charge is 0.333 e. The third-order valence-corrected chi connectivity index (χ3v) is 4.80. The van der Waals surface area contributed by atoms with Crippen LogP contribution in [0, 0.1) is 0 Å². The molecule has 0 saturated carbocycles. The molecule has 0 atom stereocenters. The van der Waals surface area contributed by atoms with Gasteiger partial charge in [-0.05, 0) is 57.8 Å². The summed E-state index contributed by atoms with van der Waals surface area (Å²) in [5, 5.41) is 4.34. The van der Waals surface area contributed by atoms with Crippen LogP contribution in [0.2, 0.25) is 0 Å². The fraction of sp³-hybridized carbons (Fsp3) is 0.364. The Balaban J connectivity index is 2.23. The zero-order valence-electron chi connectivity index (χ0n) is 9.05. The van der Waals surface area contributed by atoms with Gasteiger partial charge in [0.2, 0.25) is 0 Å². The maximum Gasteiger partial charge on any atom is 0.161 e. The number of aliphatic imine (C=N–C) groups is 1. The molecule has 0 radical (unpaired) electrons. The Labute approximate surface area is 117 Å². The Morgan fingerprint density at radius 2 is 1.94 bits per heavy atom. The molecule has 0 aromatic heterocycles. The third-order valence-electron chi connectivity index (χ3n) is 2.16. The molecule has 0 aliphatic carbocycles. The van der Waals surface area contributed by atoms with E-state index in [0.717, 1.165) is 25.6 Å². The van der Waals surface area contributed by atoms with Crippen LogP contribution in [0.5, 0.6) is 0 Å². The van der Waals surface area contributed by atoms with Crippen LogP contribution in [-0.2, 0) is 0 Å². The van der Waals surface area contributed by atoms with Crippen LogP contribution < -0.4 is 5.32 Å². The molecule has 1 aromatic rings. The van der Waals surface area contributed by atoms with Crippen molar-refractivity contribution in [3.05, 3.63) is 27.1 Å². The molecular weight excluding hydrogens is 352 g/mol. The number of benzene rings is 1. The summed E-state index contributed by atoms with van der Waals surface area (Å²) in [5.41, 5.74) is 1.08. The molecule has 86 valence electrons. The van der Waals surface area contributed by atoms with E-state index < -0.39 is 0 Å². The molecule has 0 unspecified atom stereocenters. The predicted octanol–water partition coefficient (Wildman–Crippen LogP) is 4.50. The highest BCUT2D eigenvalue weighted by molar-refractivity contribution is 9.11. The zero-order valence-corrected chi connectivity index (χ0v) is 13.0. The lowest BCUT2D eigenvalue weighted by molar-refractivity contribution is 0.605. The quantitative estimate of drug-likeness (QED) is 0.794. The molecule has 2 rings (SSSR count). The van der Waals surface area contributed by atoms with Crippen LogP contribution in [0.4, 0.5) is 5.69 Å². The van der Waals surface area contributed by atoms with Gasteiger partial charge in [0.15, 0.2) is 5.17 Å². The second-order valence-corrected chi connectivity index (χ2v) is 6.91. The van der Waals surface area contributed by atoms with Crippen LogP contribution >= 0.6 is 43.6 Å². The van der Waals surface area contributed by atoms with Gasteiger partial charge in [-0.3, -0.25) is 4.99 Å². The first kappa shape index (κ1) is 12.5. The maximum absolute atomic E-state index is 4.62. The summed E-state index contributed by atoms with van der Waals surface area (Å²) >= 11 is 8.81. The smallest absolute Gasteiger partial charge is 0.161 e. The molecule has 1 N–H and O–H groups in total. The van der Waals surface area contributed by atoms with Crippen molar-refractivity contribution in [2.24, 2.45) is 4.99 Å². The normalized spacial score (nSPS) is 18.4. The van der Waals surface area contributed by atoms with E-state index in [0.29, 0.717) is 0 Å². The van der Waals surface area contributed by atoms with Crippen molar-refractivity contribution in [3.63, 3.8) is 0 Å². The van der Waals surface area contributed by atoms with Gasteiger partial charge in [0.25, 0.3) is 0 Å². The Bertz CT molecular complexity index is 423. The molecule has 5 heteroatoms. The lowest BCUT2D eigenvalue weighted by Gasteiger charge is -2.10. The third kappa shape index (κ3) is 2.81. The number of halogens is 2. The maximum atomic E-state index is 4.62. The highest BCUT2D eigenvalue weighted by Crippen LogP contribution is 2.34. The van der Waals surface area contributed by atoms with Crippen molar-refractivity contribution in [2.75, 3.05) is 11.1 Å². The number of nitrogens with zero attached hydrogens (tertiary/aromatic N) is 1. The van der Waals surface area contributed by atoms with E-state index in [9.17, 15) is 0 Å². The Morgan fingerprint density at radius 1 is 1.31 bits per heavy atom. The van der Waals surface area contributed by atoms with E-state index in [-0.39, 0.29) is 5.54 Å². The molecule has 0 amide bonds. The minimum atomic E-state index is 0.0424. The zero-order chi connectivity index (χ0) is 11.8. The number of hydrogen-bond donors (Lipinski definition) is 1. The number of nitrogens with one attached hydrogen (secondary N) is 1. The van der Waals surface area contributed by atoms with Gasteiger partial charge in [0, 0.05) is 14.7 Å². The molecule has 1 aliphatic rings. The number of amidine groups is 1. The summed E-state index contributed by atoms with van der Waals surface area (Å²) in [6.07, 6.45) is 0. The van der Waals surface area contributed by atoms with Gasteiger partial charge in [-0.2, -0.15) is 0 Å². The van der Waals surface area contributed by atoms with Gasteiger partial charge in [0.05, 0.1) is 11.2 Å². The van der Waals surface area contributed by atoms with Crippen molar-refractivity contribution in [3.8, 4) is 0 Å². The average molecular weight is 364 g/mol. The molecule has 1 aliphatic heterocycles. The van der Waals surface area contributed by atoms with Gasteiger partial charge in [-0.1, -0.05) is 17.8 Å². The highest BCUT2D eigenvalue weighted by Gasteiger charge is 2.25. The molecular formula is C11H12Br2N2S. The van der Waals surface area contributed by atoms with E-state index in [1.807, 2.05) is 18.2 Å². The number of hydrogen-bond acceptors (Lipinski definition) is 3. The van der Waals surface area contributed by atoms with Gasteiger partial charge >= 0.3 is 0 Å². The van der Waals surface area contributed by atoms with Crippen molar-refractivity contribution in [1.82, 2.24) is 0 Å². The average Bonchev–Trinajstić information content (AvgIpc) is 2.52. The number of anilines is 1. The van der Waals surface area contributed by atoms with E-state index in [1.165, 1.54) is 0 Å². The van der Waals surface area contributed by atoms with Crippen LogP contribution in [0.3, 0.4) is 0 Å². The van der Waals surface area contributed by atoms with E-state index >= 15 is 0 Å². The first-order valence-corrected chi connectivity index (χ1v) is 7.49. The minimum Gasteiger partial charge on any atom is -0.333 e. The highest BCUT2D eigenvalue weighted by atomic mass is 79.9. The molecule has 1 heterocycles. The van der Waals surface area contributed by atoms with E-state index in [1.54, 1.807) is 11.8 Å². The summed E-state index contributed by atoms with van der Waals surface area (Å²) in [6.45, 7) is 4.29. The van der Waals surface area contributed by atoms with Crippen molar-refractivity contribution < 1.29 is 0 Å². The summed E-state index contributed by atoms with van der Waals surface area (Å²) in [6, 6.07) is 6.02. The fourth-order valence-corrected chi connectivity index (χ4v) is 3.61. The molecule has 0 spiro atoms. The fourth-order valence-electron chi connectivity index (χ4n) is 1.37. The van der Waals surface area contributed by atoms with Crippen molar-refractivity contribution in [1.29, 1.82) is 0 Å². The molecule has 0 bridgehead atoms. The van der Waals surface area contributed by atoms with Crippen LogP contribution in [0.15, 0.2) is 32.1 Å². The predicted molar refractivity (Wildman–Crippen MR) is 79.4 cm³/mol. The number of thioether (sulfide) groups is 1. The van der Waals surface area contributed by atoms with E-state index in [2.05, 4.69) is 56.0 Å². The van der Waals surface area contributed by atoms with Gasteiger partial charge < -0.3 is 5.32 Å². The number of para-hydroxylation sites is 1. The lowest BCUT2D eigenvalue weighted by atomic mass is 10.1. The standard InChI is InChI=1S/C11H12Br2N2S/c1-11(2)6-16-10(15-11)14-9-7(12)4-3-5-8(9)13/h3-5H,6H2,1-2H3,(H,14,15). The van der Waals surface area contributed by atoms with Crippen LogP contribution in [0.1, 0.15) is 13.8 Å². The molecule has 0 saturated heterocycles. The Morgan fingerprint density at radius 3 is 2.44 bits per heavy atom. The van der Waals surface area contributed by atoms with E-state index in [4.69, 9.17) is 0 Å². The SMILES string of the molecule is CC1(C)CSC(Nc2c(Br)cccc2Br)=N1. The topological polar surface area (TPSA) is 24.4 Å². The van der Waals surface area contributed by atoms with Gasteiger partial charge in [-0.25, -0.2) is 0 Å². The first-order valence-electron chi connectivity index (χ1n) is 4.92. The second-order valence-electron chi connectivity index (χ2n) is 4.24. The molecule has 16 heavy (non-hydrogen) atoms. The molecule has 2 nitrogen and oxygen atoms in total. The lowest BCUT2D eigenvalue weighted by Crippen LogP contribution is -2.15. The number of rotatable bonds is 1. The Hall–Kier alpha value is -0.000000000000000111. The van der Waals surface area contributed by atoms with Crippen LogP contribution in [0.25, 0.3) is 0 Å². The Kier molecular flexibility index (Phi) is 3.66. The van der Waals surface area contributed by atoms with Crippen molar-refractivity contribution >= 4 is 54.5 Å².